The standard InChI is InChI=1S/C8H15NO2.ClH/c1-8(7(10)11-2)3-5-9-6-4-8;/h9H,3-6H2,1-2H3;1H. The van der Waals surface area contributed by atoms with Crippen molar-refractivity contribution in [1.82, 2.24) is 5.32 Å². The number of hydrogen-bond donors (Lipinski definition) is 1. The van der Waals surface area contributed by atoms with E-state index in [9.17, 15) is 4.79 Å². The molecule has 0 unspecified atom stereocenters. The van der Waals surface area contributed by atoms with E-state index < -0.39 is 0 Å². The van der Waals surface area contributed by atoms with Crippen molar-refractivity contribution in [1.29, 1.82) is 0 Å². The molecule has 1 rings (SSSR count). The molecule has 0 bridgehead atoms. The fraction of sp³-hybridized carbons (Fsp3) is 0.875. The van der Waals surface area contributed by atoms with Gasteiger partial charge in [0.05, 0.1) is 12.5 Å². The van der Waals surface area contributed by atoms with Crippen molar-refractivity contribution in [3.63, 3.8) is 0 Å². The van der Waals surface area contributed by atoms with Crippen molar-refractivity contribution in [2.45, 2.75) is 19.8 Å². The summed E-state index contributed by atoms with van der Waals surface area (Å²) in [4.78, 5) is 11.2. The second-order valence-corrected chi connectivity index (χ2v) is 3.30. The minimum absolute atomic E-state index is 0. The third-order valence-corrected chi connectivity index (χ3v) is 2.39. The van der Waals surface area contributed by atoms with Gasteiger partial charge in [-0.1, -0.05) is 0 Å². The Balaban J connectivity index is 0.00000121. The topological polar surface area (TPSA) is 38.3 Å². The van der Waals surface area contributed by atoms with E-state index in [1.807, 2.05) is 6.92 Å². The number of piperidine rings is 1. The van der Waals surface area contributed by atoms with Crippen molar-refractivity contribution >= 4 is 18.4 Å². The van der Waals surface area contributed by atoms with Gasteiger partial charge in [-0.15, -0.1) is 12.4 Å². The molecule has 0 aliphatic carbocycles. The maximum Gasteiger partial charge on any atom is 0.311 e. The largest absolute Gasteiger partial charge is 0.469 e. The summed E-state index contributed by atoms with van der Waals surface area (Å²) in [6.45, 7) is 3.82. The van der Waals surface area contributed by atoms with E-state index in [-0.39, 0.29) is 23.8 Å². The third kappa shape index (κ3) is 2.35. The van der Waals surface area contributed by atoms with Gasteiger partial charge in [-0.25, -0.2) is 0 Å². The van der Waals surface area contributed by atoms with Crippen LogP contribution in [0.4, 0.5) is 0 Å². The zero-order valence-corrected chi connectivity index (χ0v) is 8.37. The Labute approximate surface area is 79.3 Å². The maximum atomic E-state index is 11.2. The highest BCUT2D eigenvalue weighted by molar-refractivity contribution is 5.85. The maximum absolute atomic E-state index is 11.2. The van der Waals surface area contributed by atoms with E-state index >= 15 is 0 Å². The van der Waals surface area contributed by atoms with Gasteiger partial charge in [0.25, 0.3) is 0 Å². The first-order valence-corrected chi connectivity index (χ1v) is 3.98. The highest BCUT2D eigenvalue weighted by Gasteiger charge is 2.35. The van der Waals surface area contributed by atoms with Crippen LogP contribution in [0.3, 0.4) is 0 Å². The fourth-order valence-corrected chi connectivity index (χ4v) is 1.43. The average molecular weight is 194 g/mol. The molecule has 0 aromatic carbocycles. The van der Waals surface area contributed by atoms with Crippen molar-refractivity contribution in [2.75, 3.05) is 20.2 Å². The zero-order chi connectivity index (χ0) is 8.32. The van der Waals surface area contributed by atoms with Crippen LogP contribution in [0.15, 0.2) is 0 Å². The number of methoxy groups -OCH3 is 1. The van der Waals surface area contributed by atoms with Gasteiger partial charge in [0.15, 0.2) is 0 Å². The molecule has 0 radical (unpaired) electrons. The van der Waals surface area contributed by atoms with Crippen LogP contribution >= 0.6 is 12.4 Å². The van der Waals surface area contributed by atoms with Crippen molar-refractivity contribution in [2.24, 2.45) is 5.41 Å². The predicted octanol–water partition coefficient (Wildman–Crippen LogP) is 0.971. The Hall–Kier alpha value is -0.280. The van der Waals surface area contributed by atoms with Crippen LogP contribution in [-0.4, -0.2) is 26.2 Å². The lowest BCUT2D eigenvalue weighted by Gasteiger charge is -2.30. The molecule has 0 amide bonds. The van der Waals surface area contributed by atoms with Crippen molar-refractivity contribution in [3.05, 3.63) is 0 Å². The lowest BCUT2D eigenvalue weighted by Crippen LogP contribution is -2.40. The molecule has 1 N–H and O–H groups in total. The first-order chi connectivity index (χ1) is 5.19. The summed E-state index contributed by atoms with van der Waals surface area (Å²) in [6, 6.07) is 0. The summed E-state index contributed by atoms with van der Waals surface area (Å²) >= 11 is 0. The monoisotopic (exact) mass is 193 g/mol. The van der Waals surface area contributed by atoms with Gasteiger partial charge in [0.1, 0.15) is 0 Å². The minimum Gasteiger partial charge on any atom is -0.469 e. The van der Waals surface area contributed by atoms with E-state index in [4.69, 9.17) is 4.74 Å². The Morgan fingerprint density at radius 1 is 1.42 bits per heavy atom. The zero-order valence-electron chi connectivity index (χ0n) is 7.55. The molecule has 12 heavy (non-hydrogen) atoms. The summed E-state index contributed by atoms with van der Waals surface area (Å²) in [6.07, 6.45) is 1.78. The second-order valence-electron chi connectivity index (χ2n) is 3.30. The van der Waals surface area contributed by atoms with Gasteiger partial charge >= 0.3 is 5.97 Å². The molecule has 1 saturated heterocycles. The molecule has 1 aliphatic heterocycles. The number of carbonyl (C=O) groups excluding carboxylic acids is 1. The van der Waals surface area contributed by atoms with Crippen LogP contribution in [-0.2, 0) is 9.53 Å². The van der Waals surface area contributed by atoms with Crippen LogP contribution in [0.5, 0.6) is 0 Å². The van der Waals surface area contributed by atoms with Crippen molar-refractivity contribution in [3.8, 4) is 0 Å². The predicted molar refractivity (Wildman–Crippen MR) is 49.5 cm³/mol. The Kier molecular flexibility index (Phi) is 4.57. The normalized spacial score (nSPS) is 20.8. The molecule has 0 saturated carbocycles. The quantitative estimate of drug-likeness (QED) is 0.631. The molecule has 1 aliphatic rings. The molecular formula is C8H16ClNO2. The van der Waals surface area contributed by atoms with Gasteiger partial charge in [-0.2, -0.15) is 0 Å². The Bertz CT molecular complexity index is 155. The van der Waals surface area contributed by atoms with Crippen LogP contribution < -0.4 is 5.32 Å². The van der Waals surface area contributed by atoms with Gasteiger partial charge < -0.3 is 10.1 Å². The molecule has 0 aromatic heterocycles. The first kappa shape index (κ1) is 11.7. The summed E-state index contributed by atoms with van der Waals surface area (Å²) in [7, 11) is 1.45. The van der Waals surface area contributed by atoms with Crippen LogP contribution in [0.1, 0.15) is 19.8 Å². The average Bonchev–Trinajstić information content (AvgIpc) is 2.04. The molecule has 0 spiro atoms. The summed E-state index contributed by atoms with van der Waals surface area (Å²) in [5, 5.41) is 3.21. The summed E-state index contributed by atoms with van der Waals surface area (Å²) in [5.41, 5.74) is -0.236. The number of halogens is 1. The second kappa shape index (κ2) is 4.67. The molecule has 3 nitrogen and oxygen atoms in total. The van der Waals surface area contributed by atoms with E-state index in [0.717, 1.165) is 25.9 Å². The van der Waals surface area contributed by atoms with Crippen LogP contribution in [0.2, 0.25) is 0 Å². The molecule has 0 atom stereocenters. The van der Waals surface area contributed by atoms with E-state index in [2.05, 4.69) is 5.32 Å². The van der Waals surface area contributed by atoms with Gasteiger partial charge in [0, 0.05) is 0 Å². The van der Waals surface area contributed by atoms with E-state index in [1.54, 1.807) is 0 Å². The van der Waals surface area contributed by atoms with Gasteiger partial charge in [-0.05, 0) is 32.9 Å². The van der Waals surface area contributed by atoms with Crippen LogP contribution in [0.25, 0.3) is 0 Å². The summed E-state index contributed by atoms with van der Waals surface area (Å²) < 4.78 is 4.73. The molecule has 72 valence electrons. The third-order valence-electron chi connectivity index (χ3n) is 2.39. The number of hydrogen-bond acceptors (Lipinski definition) is 3. The highest BCUT2D eigenvalue weighted by atomic mass is 35.5. The highest BCUT2D eigenvalue weighted by Crippen LogP contribution is 2.28. The smallest absolute Gasteiger partial charge is 0.311 e. The number of rotatable bonds is 1. The first-order valence-electron chi connectivity index (χ1n) is 3.98. The number of esters is 1. The fourth-order valence-electron chi connectivity index (χ4n) is 1.43. The van der Waals surface area contributed by atoms with E-state index in [0.29, 0.717) is 0 Å². The summed E-state index contributed by atoms with van der Waals surface area (Å²) in [5.74, 6) is -0.0704. The van der Waals surface area contributed by atoms with E-state index in [1.165, 1.54) is 7.11 Å². The SMILES string of the molecule is COC(=O)C1(C)CCNCC1.Cl. The molecule has 4 heteroatoms. The lowest BCUT2D eigenvalue weighted by molar-refractivity contribution is -0.153. The number of ether oxygens (including phenoxy) is 1. The molecule has 0 aromatic rings. The van der Waals surface area contributed by atoms with Gasteiger partial charge in [-0.3, -0.25) is 4.79 Å². The minimum atomic E-state index is -0.236. The molecular weight excluding hydrogens is 178 g/mol. The number of carbonyl (C=O) groups is 1. The Morgan fingerprint density at radius 2 is 1.92 bits per heavy atom. The van der Waals surface area contributed by atoms with Crippen molar-refractivity contribution < 1.29 is 9.53 Å². The molecule has 1 heterocycles. The lowest BCUT2D eigenvalue weighted by atomic mass is 9.81. The van der Waals surface area contributed by atoms with Crippen LogP contribution in [0, 0.1) is 5.41 Å². The van der Waals surface area contributed by atoms with Gasteiger partial charge in [0.2, 0.25) is 0 Å². The molecule has 1 fully saturated rings. The Morgan fingerprint density at radius 3 is 2.33 bits per heavy atom. The number of nitrogens with one attached hydrogen (secondary N) is 1.